The van der Waals surface area contributed by atoms with E-state index >= 15 is 0 Å². The molecule has 0 amide bonds. The van der Waals surface area contributed by atoms with Crippen molar-refractivity contribution in [1.82, 2.24) is 0 Å². The summed E-state index contributed by atoms with van der Waals surface area (Å²) < 4.78 is 7.14. The SMILES string of the molecule is [3H]CC(C=O)CCCCCCCCCCC. The molecule has 0 radical (unpaired) electrons. The number of carbonyl (C=O) groups excluding carboxylic acids is 1. The van der Waals surface area contributed by atoms with Gasteiger partial charge >= 0.3 is 0 Å². The summed E-state index contributed by atoms with van der Waals surface area (Å²) in [6, 6.07) is 0. The van der Waals surface area contributed by atoms with Gasteiger partial charge in [-0.05, 0) is 6.42 Å². The Kier molecular flexibility index (Phi) is 9.97. The van der Waals surface area contributed by atoms with E-state index in [1.807, 2.05) is 0 Å². The Bertz CT molecular complexity index is 148. The van der Waals surface area contributed by atoms with E-state index in [1.165, 1.54) is 51.4 Å². The van der Waals surface area contributed by atoms with E-state index in [4.69, 9.17) is 1.37 Å². The van der Waals surface area contributed by atoms with Crippen LogP contribution in [0.15, 0.2) is 0 Å². The standard InChI is InChI=1S/C14H28O/c1-3-4-5-6-7-8-9-10-11-12-14(2)13-15/h13-14H,3-12H2,1-2H3/i2T. The lowest BCUT2D eigenvalue weighted by molar-refractivity contribution is -0.110. The van der Waals surface area contributed by atoms with Crippen LogP contribution in [0, 0.1) is 5.92 Å². The lowest BCUT2D eigenvalue weighted by Crippen LogP contribution is -1.94. The maximum Gasteiger partial charge on any atom is 0.122 e. The zero-order valence-electron chi connectivity index (χ0n) is 11.3. The molecule has 90 valence electrons. The first kappa shape index (κ1) is 12.7. The van der Waals surface area contributed by atoms with E-state index in [-0.39, 0.29) is 12.8 Å². The molecule has 0 rings (SSSR count). The van der Waals surface area contributed by atoms with Crippen molar-refractivity contribution in [3.63, 3.8) is 0 Å². The normalized spacial score (nSPS) is 13.5. The van der Waals surface area contributed by atoms with Crippen molar-refractivity contribution in [2.24, 2.45) is 5.92 Å². The zero-order valence-corrected chi connectivity index (χ0v) is 10.3. The van der Waals surface area contributed by atoms with Gasteiger partial charge in [-0.25, -0.2) is 0 Å². The lowest BCUT2D eigenvalue weighted by Gasteiger charge is -2.03. The second-order valence-corrected chi connectivity index (χ2v) is 4.51. The Balaban J connectivity index is 3.06. The molecular formula is C14H28O. The molecule has 15 heavy (non-hydrogen) atoms. The van der Waals surface area contributed by atoms with Gasteiger partial charge in [0, 0.05) is 7.29 Å². The Morgan fingerprint density at radius 2 is 1.53 bits per heavy atom. The van der Waals surface area contributed by atoms with Crippen molar-refractivity contribution in [2.45, 2.75) is 78.0 Å². The highest BCUT2D eigenvalue weighted by atomic mass is 16.1. The van der Waals surface area contributed by atoms with Crippen molar-refractivity contribution in [3.8, 4) is 0 Å². The summed E-state index contributed by atoms with van der Waals surface area (Å²) in [7, 11) is 0. The molecule has 0 heterocycles. The van der Waals surface area contributed by atoms with E-state index < -0.39 is 0 Å². The van der Waals surface area contributed by atoms with E-state index in [2.05, 4.69) is 6.92 Å². The third kappa shape index (κ3) is 11.6. The molecule has 0 aromatic rings. The highest BCUT2D eigenvalue weighted by Crippen LogP contribution is 2.12. The van der Waals surface area contributed by atoms with Gasteiger partial charge < -0.3 is 4.79 Å². The summed E-state index contributed by atoms with van der Waals surface area (Å²) in [4.78, 5) is 10.5. The largest absolute Gasteiger partial charge is 0.303 e. The Hall–Kier alpha value is -0.330. The molecule has 0 aromatic carbocycles. The van der Waals surface area contributed by atoms with Gasteiger partial charge in [0.25, 0.3) is 0 Å². The fraction of sp³-hybridized carbons (Fsp3) is 0.929. The van der Waals surface area contributed by atoms with E-state index in [0.717, 1.165) is 19.1 Å². The summed E-state index contributed by atoms with van der Waals surface area (Å²) in [5, 5.41) is 0. The fourth-order valence-corrected chi connectivity index (χ4v) is 1.79. The molecule has 0 spiro atoms. The van der Waals surface area contributed by atoms with Crippen LogP contribution in [0.4, 0.5) is 0 Å². The number of carbonyl (C=O) groups is 1. The predicted molar refractivity (Wildman–Crippen MR) is 67.1 cm³/mol. The second-order valence-electron chi connectivity index (χ2n) is 4.51. The topological polar surface area (TPSA) is 17.1 Å². The molecule has 0 aromatic heterocycles. The average Bonchev–Trinajstić information content (AvgIpc) is 2.32. The van der Waals surface area contributed by atoms with Crippen LogP contribution in [0.25, 0.3) is 0 Å². The molecule has 1 unspecified atom stereocenters. The Labute approximate surface area is 97.0 Å². The number of aldehydes is 1. The van der Waals surface area contributed by atoms with Gasteiger partial charge in [-0.15, -0.1) is 0 Å². The van der Waals surface area contributed by atoms with Crippen molar-refractivity contribution in [2.75, 3.05) is 0 Å². The molecule has 0 fully saturated rings. The Morgan fingerprint density at radius 3 is 2.00 bits per heavy atom. The van der Waals surface area contributed by atoms with Crippen LogP contribution in [-0.2, 0) is 4.79 Å². The predicted octanol–water partition coefficient (Wildman–Crippen LogP) is 4.74. The highest BCUT2D eigenvalue weighted by Gasteiger charge is 1.98. The molecule has 0 saturated carbocycles. The lowest BCUT2D eigenvalue weighted by atomic mass is 10.0. The van der Waals surface area contributed by atoms with Gasteiger partial charge in [-0.3, -0.25) is 0 Å². The van der Waals surface area contributed by atoms with Crippen molar-refractivity contribution < 1.29 is 6.17 Å². The van der Waals surface area contributed by atoms with Crippen LogP contribution in [0.5, 0.6) is 0 Å². The maximum absolute atomic E-state index is 10.5. The van der Waals surface area contributed by atoms with Gasteiger partial charge in [0.05, 0.1) is 0 Å². The van der Waals surface area contributed by atoms with Crippen molar-refractivity contribution in [1.29, 1.82) is 0 Å². The van der Waals surface area contributed by atoms with Gasteiger partial charge in [-0.2, -0.15) is 0 Å². The first-order chi connectivity index (χ1) is 7.85. The van der Waals surface area contributed by atoms with Crippen molar-refractivity contribution in [3.05, 3.63) is 0 Å². The number of hydrogen-bond donors (Lipinski definition) is 0. The van der Waals surface area contributed by atoms with Crippen molar-refractivity contribution >= 4 is 6.29 Å². The number of unbranched alkanes of at least 4 members (excludes halogenated alkanes) is 8. The minimum atomic E-state index is -0.00967. The average molecular weight is 214 g/mol. The molecule has 0 bridgehead atoms. The highest BCUT2D eigenvalue weighted by molar-refractivity contribution is 5.52. The van der Waals surface area contributed by atoms with E-state index in [9.17, 15) is 4.79 Å². The first-order valence-electron chi connectivity index (χ1n) is 7.30. The third-order valence-electron chi connectivity index (χ3n) is 2.87. The van der Waals surface area contributed by atoms with Crippen LogP contribution in [0.1, 0.15) is 79.4 Å². The smallest absolute Gasteiger partial charge is 0.122 e. The molecule has 1 nitrogen and oxygen atoms in total. The molecule has 1 atom stereocenters. The molecule has 0 N–H and O–H groups in total. The molecule has 0 aliphatic heterocycles. The maximum atomic E-state index is 10.5. The number of hydrogen-bond acceptors (Lipinski definition) is 1. The molecular weight excluding hydrogens is 184 g/mol. The van der Waals surface area contributed by atoms with Gasteiger partial charge in [0.2, 0.25) is 0 Å². The number of rotatable bonds is 11. The van der Waals surface area contributed by atoms with E-state index in [0.29, 0.717) is 0 Å². The summed E-state index contributed by atoms with van der Waals surface area (Å²) in [6.45, 7) is 2.51. The minimum Gasteiger partial charge on any atom is -0.303 e. The van der Waals surface area contributed by atoms with Crippen LogP contribution < -0.4 is 0 Å². The van der Waals surface area contributed by atoms with E-state index in [1.54, 1.807) is 0 Å². The summed E-state index contributed by atoms with van der Waals surface area (Å²) >= 11 is 0. The van der Waals surface area contributed by atoms with Gasteiger partial charge in [0.15, 0.2) is 0 Å². The zero-order chi connectivity index (χ0) is 12.1. The van der Waals surface area contributed by atoms with Gasteiger partial charge in [0.1, 0.15) is 6.29 Å². The van der Waals surface area contributed by atoms with Gasteiger partial charge in [-0.1, -0.05) is 71.6 Å². The second kappa shape index (κ2) is 11.7. The van der Waals surface area contributed by atoms with Crippen LogP contribution in [-0.4, -0.2) is 6.29 Å². The minimum absolute atomic E-state index is 0.00967. The van der Waals surface area contributed by atoms with Crippen LogP contribution >= 0.6 is 0 Å². The molecule has 0 aliphatic rings. The summed E-state index contributed by atoms with van der Waals surface area (Å²) in [5.41, 5.74) is 0. The quantitative estimate of drug-likeness (QED) is 0.358. The Morgan fingerprint density at radius 1 is 1.00 bits per heavy atom. The summed E-state index contributed by atoms with van der Waals surface area (Å²) in [5.74, 6) is -0.00967. The van der Waals surface area contributed by atoms with Crippen LogP contribution in [0.3, 0.4) is 0 Å². The third-order valence-corrected chi connectivity index (χ3v) is 2.87. The molecule has 0 aliphatic carbocycles. The molecule has 1 heteroatoms. The monoisotopic (exact) mass is 214 g/mol. The van der Waals surface area contributed by atoms with Crippen LogP contribution in [0.2, 0.25) is 0 Å². The summed E-state index contributed by atoms with van der Waals surface area (Å²) in [6.07, 6.45) is 13.7. The first-order valence-corrected chi connectivity index (χ1v) is 6.59. The fourth-order valence-electron chi connectivity index (χ4n) is 1.79. The molecule has 0 saturated heterocycles.